The first kappa shape index (κ1) is 16.3. The van der Waals surface area contributed by atoms with Gasteiger partial charge < -0.3 is 5.32 Å². The minimum absolute atomic E-state index is 0.500. The van der Waals surface area contributed by atoms with Gasteiger partial charge in [0.2, 0.25) is 5.91 Å². The molecule has 2 N–H and O–H groups in total. The highest BCUT2D eigenvalue weighted by Crippen LogP contribution is 2.03. The van der Waals surface area contributed by atoms with Crippen molar-refractivity contribution < 1.29 is 21.9 Å². The SMILES string of the molecule is CCCCCCCCNC(=O)COS(=O)(=O)O. The first-order chi connectivity index (χ1) is 7.95. The van der Waals surface area contributed by atoms with Gasteiger partial charge in [0.1, 0.15) is 6.61 Å². The zero-order valence-corrected chi connectivity index (χ0v) is 11.0. The van der Waals surface area contributed by atoms with Crippen molar-refractivity contribution in [1.82, 2.24) is 5.32 Å². The Morgan fingerprint density at radius 1 is 1.18 bits per heavy atom. The van der Waals surface area contributed by atoms with Crippen molar-refractivity contribution in [3.8, 4) is 0 Å². The fraction of sp³-hybridized carbons (Fsp3) is 0.900. The molecule has 0 atom stereocenters. The van der Waals surface area contributed by atoms with E-state index in [1.807, 2.05) is 0 Å². The summed E-state index contributed by atoms with van der Waals surface area (Å²) in [6, 6.07) is 0. The number of hydrogen-bond acceptors (Lipinski definition) is 4. The Morgan fingerprint density at radius 3 is 2.35 bits per heavy atom. The van der Waals surface area contributed by atoms with Gasteiger partial charge in [-0.15, -0.1) is 0 Å². The molecule has 0 aliphatic carbocycles. The van der Waals surface area contributed by atoms with Crippen LogP contribution in [-0.2, 0) is 19.4 Å². The van der Waals surface area contributed by atoms with Crippen LogP contribution in [0.15, 0.2) is 0 Å². The molecule has 7 heteroatoms. The van der Waals surface area contributed by atoms with Gasteiger partial charge in [0.25, 0.3) is 0 Å². The summed E-state index contributed by atoms with van der Waals surface area (Å²) in [6.45, 7) is 1.98. The summed E-state index contributed by atoms with van der Waals surface area (Å²) in [5, 5.41) is 2.51. The van der Waals surface area contributed by atoms with E-state index < -0.39 is 22.9 Å². The van der Waals surface area contributed by atoms with E-state index in [1.165, 1.54) is 19.3 Å². The maximum absolute atomic E-state index is 11.0. The van der Waals surface area contributed by atoms with Crippen LogP contribution in [-0.4, -0.2) is 32.0 Å². The molecule has 0 fully saturated rings. The van der Waals surface area contributed by atoms with Gasteiger partial charge in [-0.1, -0.05) is 39.0 Å². The van der Waals surface area contributed by atoms with E-state index in [0.717, 1.165) is 19.3 Å². The second-order valence-corrected chi connectivity index (χ2v) is 4.90. The zero-order chi connectivity index (χ0) is 13.1. The Bertz CT molecular complexity index is 302. The number of carbonyl (C=O) groups excluding carboxylic acids is 1. The second kappa shape index (κ2) is 9.38. The third kappa shape index (κ3) is 13.3. The summed E-state index contributed by atoms with van der Waals surface area (Å²) in [4.78, 5) is 11.0. The maximum atomic E-state index is 11.0. The molecule has 0 heterocycles. The quantitative estimate of drug-likeness (QED) is 0.459. The Morgan fingerprint density at radius 2 is 1.76 bits per heavy atom. The standard InChI is InChI=1S/C10H21NO5S/c1-2-3-4-5-6-7-8-11-10(12)9-16-17(13,14)15/h2-9H2,1H3,(H,11,12)(H,13,14,15). The van der Waals surface area contributed by atoms with Gasteiger partial charge in [-0.3, -0.25) is 9.35 Å². The molecule has 0 unspecified atom stereocenters. The lowest BCUT2D eigenvalue weighted by atomic mass is 10.1. The van der Waals surface area contributed by atoms with Crippen molar-refractivity contribution in [3.63, 3.8) is 0 Å². The maximum Gasteiger partial charge on any atom is 0.397 e. The van der Waals surface area contributed by atoms with E-state index in [-0.39, 0.29) is 0 Å². The van der Waals surface area contributed by atoms with Crippen LogP contribution in [0, 0.1) is 0 Å². The smallest absolute Gasteiger partial charge is 0.354 e. The lowest BCUT2D eigenvalue weighted by Gasteiger charge is -2.04. The van der Waals surface area contributed by atoms with E-state index >= 15 is 0 Å². The molecule has 6 nitrogen and oxygen atoms in total. The summed E-state index contributed by atoms with van der Waals surface area (Å²) >= 11 is 0. The van der Waals surface area contributed by atoms with E-state index in [0.29, 0.717) is 6.54 Å². The summed E-state index contributed by atoms with van der Waals surface area (Å²) in [5.41, 5.74) is 0. The van der Waals surface area contributed by atoms with Gasteiger partial charge in [0.15, 0.2) is 0 Å². The molecule has 0 aromatic carbocycles. The first-order valence-electron chi connectivity index (χ1n) is 5.84. The average molecular weight is 267 g/mol. The number of amides is 1. The van der Waals surface area contributed by atoms with Crippen LogP contribution in [0.2, 0.25) is 0 Å². The van der Waals surface area contributed by atoms with Gasteiger partial charge in [0, 0.05) is 6.54 Å². The Balaban J connectivity index is 3.34. The van der Waals surface area contributed by atoms with Gasteiger partial charge in [-0.25, -0.2) is 4.18 Å². The predicted molar refractivity (Wildman–Crippen MR) is 63.9 cm³/mol. The topological polar surface area (TPSA) is 92.7 Å². The van der Waals surface area contributed by atoms with Crippen LogP contribution in [0.25, 0.3) is 0 Å². The van der Waals surface area contributed by atoms with Crippen molar-refractivity contribution in [1.29, 1.82) is 0 Å². The van der Waals surface area contributed by atoms with E-state index in [4.69, 9.17) is 4.55 Å². The highest BCUT2D eigenvalue weighted by molar-refractivity contribution is 7.80. The Kier molecular flexibility index (Phi) is 9.01. The molecular formula is C10H21NO5S. The first-order valence-corrected chi connectivity index (χ1v) is 7.20. The van der Waals surface area contributed by atoms with Crippen molar-refractivity contribution in [3.05, 3.63) is 0 Å². The highest BCUT2D eigenvalue weighted by atomic mass is 32.3. The molecular weight excluding hydrogens is 246 g/mol. The van der Waals surface area contributed by atoms with Crippen molar-refractivity contribution in [2.24, 2.45) is 0 Å². The fourth-order valence-electron chi connectivity index (χ4n) is 1.31. The number of hydrogen-bond donors (Lipinski definition) is 2. The number of carbonyl (C=O) groups is 1. The fourth-order valence-corrected chi connectivity index (χ4v) is 1.57. The van der Waals surface area contributed by atoms with Gasteiger partial charge in [-0.05, 0) is 6.42 Å². The molecule has 0 saturated heterocycles. The molecule has 0 spiro atoms. The van der Waals surface area contributed by atoms with Crippen molar-refractivity contribution in [2.45, 2.75) is 45.4 Å². The van der Waals surface area contributed by atoms with Crippen LogP contribution in [0.1, 0.15) is 45.4 Å². The van der Waals surface area contributed by atoms with Crippen LogP contribution >= 0.6 is 0 Å². The summed E-state index contributed by atoms with van der Waals surface area (Å²) in [5.74, 6) is -0.545. The molecule has 0 aliphatic heterocycles. The monoisotopic (exact) mass is 267 g/mol. The molecule has 0 saturated carbocycles. The number of nitrogens with one attached hydrogen (secondary N) is 1. The van der Waals surface area contributed by atoms with Gasteiger partial charge in [0.05, 0.1) is 0 Å². The molecule has 0 aliphatic rings. The van der Waals surface area contributed by atoms with Gasteiger partial charge in [-0.2, -0.15) is 8.42 Å². The second-order valence-electron chi connectivity index (χ2n) is 3.81. The predicted octanol–water partition coefficient (Wildman–Crippen LogP) is 1.28. The number of unbranched alkanes of at least 4 members (excludes halogenated alkanes) is 5. The molecule has 17 heavy (non-hydrogen) atoms. The summed E-state index contributed by atoms with van der Waals surface area (Å²) in [7, 11) is -4.53. The largest absolute Gasteiger partial charge is 0.397 e. The summed E-state index contributed by atoms with van der Waals surface area (Å²) < 4.78 is 32.5. The Hall–Kier alpha value is -0.660. The van der Waals surface area contributed by atoms with E-state index in [2.05, 4.69) is 16.4 Å². The van der Waals surface area contributed by atoms with Crippen molar-refractivity contribution >= 4 is 16.3 Å². The van der Waals surface area contributed by atoms with Crippen LogP contribution in [0.5, 0.6) is 0 Å². The normalized spacial score (nSPS) is 11.4. The van der Waals surface area contributed by atoms with E-state index in [1.54, 1.807) is 0 Å². The molecule has 0 radical (unpaired) electrons. The van der Waals surface area contributed by atoms with Crippen LogP contribution < -0.4 is 5.32 Å². The number of rotatable bonds is 10. The Labute approximate surface area is 103 Å². The third-order valence-electron chi connectivity index (χ3n) is 2.19. The average Bonchev–Trinajstić information content (AvgIpc) is 2.24. The highest BCUT2D eigenvalue weighted by Gasteiger charge is 2.08. The van der Waals surface area contributed by atoms with Crippen molar-refractivity contribution in [2.75, 3.05) is 13.2 Å². The third-order valence-corrected chi connectivity index (χ3v) is 2.61. The minimum atomic E-state index is -4.53. The van der Waals surface area contributed by atoms with Crippen LogP contribution in [0.3, 0.4) is 0 Å². The van der Waals surface area contributed by atoms with E-state index in [9.17, 15) is 13.2 Å². The molecule has 0 rings (SSSR count). The van der Waals surface area contributed by atoms with Gasteiger partial charge >= 0.3 is 10.4 Å². The lowest BCUT2D eigenvalue weighted by Crippen LogP contribution is -2.29. The lowest BCUT2D eigenvalue weighted by molar-refractivity contribution is -0.123. The minimum Gasteiger partial charge on any atom is -0.354 e. The van der Waals surface area contributed by atoms with Crippen LogP contribution in [0.4, 0.5) is 0 Å². The molecule has 1 amide bonds. The molecule has 102 valence electrons. The molecule has 0 aromatic rings. The molecule has 0 aromatic heterocycles. The zero-order valence-electron chi connectivity index (χ0n) is 10.1. The summed E-state index contributed by atoms with van der Waals surface area (Å²) in [6.07, 6.45) is 6.68. The molecule has 0 bridgehead atoms.